The molecule has 0 N–H and O–H groups in total. The molecular weight excluding hydrogens is 294 g/mol. The van der Waals surface area contributed by atoms with Crippen LogP contribution in [0.5, 0.6) is 0 Å². The van der Waals surface area contributed by atoms with Crippen molar-refractivity contribution in [1.82, 2.24) is 4.98 Å². The molecule has 0 amide bonds. The third kappa shape index (κ3) is 1.86. The number of aryl methyl sites for hydroxylation is 1. The van der Waals surface area contributed by atoms with Crippen LogP contribution in [-0.4, -0.2) is 4.98 Å². The fraction of sp³-hybridized carbons (Fsp3) is 0.0455. The van der Waals surface area contributed by atoms with Gasteiger partial charge in [-0.3, -0.25) is 0 Å². The Morgan fingerprint density at radius 3 is 2.42 bits per heavy atom. The van der Waals surface area contributed by atoms with Gasteiger partial charge >= 0.3 is 0 Å². The van der Waals surface area contributed by atoms with Crippen molar-refractivity contribution in [2.45, 2.75) is 6.92 Å². The molecule has 114 valence electrons. The largest absolute Gasteiger partial charge is 0.456 e. The zero-order valence-corrected chi connectivity index (χ0v) is 13.3. The molecule has 0 aliphatic heterocycles. The number of fused-ring (bicyclic) bond motifs is 4. The molecule has 0 unspecified atom stereocenters. The minimum Gasteiger partial charge on any atom is -0.456 e. The van der Waals surface area contributed by atoms with Crippen LogP contribution in [0.25, 0.3) is 44.1 Å². The van der Waals surface area contributed by atoms with Crippen LogP contribution in [0.3, 0.4) is 0 Å². The Kier molecular flexibility index (Phi) is 2.74. The SMILES string of the molecule is Cc1cc(-c2cccc3oc4ccccc4c23)nc2ccccc12. The number of benzene rings is 3. The highest BCUT2D eigenvalue weighted by Gasteiger charge is 2.13. The predicted molar refractivity (Wildman–Crippen MR) is 99.2 cm³/mol. The molecule has 2 aromatic heterocycles. The molecule has 2 heterocycles. The molecule has 0 fully saturated rings. The van der Waals surface area contributed by atoms with Crippen molar-refractivity contribution in [3.8, 4) is 11.3 Å². The third-order valence-electron chi connectivity index (χ3n) is 4.60. The Hall–Kier alpha value is -3.13. The van der Waals surface area contributed by atoms with E-state index in [1.165, 1.54) is 10.9 Å². The molecule has 24 heavy (non-hydrogen) atoms. The maximum atomic E-state index is 6.00. The van der Waals surface area contributed by atoms with Gasteiger partial charge < -0.3 is 4.42 Å². The fourth-order valence-electron chi connectivity index (χ4n) is 3.48. The van der Waals surface area contributed by atoms with E-state index in [0.29, 0.717) is 0 Å². The quantitative estimate of drug-likeness (QED) is 0.373. The van der Waals surface area contributed by atoms with Crippen LogP contribution < -0.4 is 0 Å². The fourth-order valence-corrected chi connectivity index (χ4v) is 3.48. The number of rotatable bonds is 1. The highest BCUT2D eigenvalue weighted by molar-refractivity contribution is 6.12. The summed E-state index contributed by atoms with van der Waals surface area (Å²) in [5, 5.41) is 3.47. The van der Waals surface area contributed by atoms with E-state index >= 15 is 0 Å². The van der Waals surface area contributed by atoms with Crippen LogP contribution >= 0.6 is 0 Å². The van der Waals surface area contributed by atoms with Crippen LogP contribution in [0, 0.1) is 6.92 Å². The molecule has 5 rings (SSSR count). The number of para-hydroxylation sites is 2. The van der Waals surface area contributed by atoms with E-state index in [4.69, 9.17) is 9.40 Å². The zero-order chi connectivity index (χ0) is 16.1. The van der Waals surface area contributed by atoms with Crippen LogP contribution in [0.2, 0.25) is 0 Å². The van der Waals surface area contributed by atoms with Gasteiger partial charge in [0.25, 0.3) is 0 Å². The third-order valence-corrected chi connectivity index (χ3v) is 4.60. The molecule has 2 heteroatoms. The van der Waals surface area contributed by atoms with Crippen molar-refractivity contribution in [2.75, 3.05) is 0 Å². The van der Waals surface area contributed by atoms with E-state index in [9.17, 15) is 0 Å². The zero-order valence-electron chi connectivity index (χ0n) is 13.3. The van der Waals surface area contributed by atoms with Gasteiger partial charge in [-0.1, -0.05) is 48.5 Å². The number of nitrogens with zero attached hydrogens (tertiary/aromatic N) is 1. The Bertz CT molecular complexity index is 1220. The lowest BCUT2D eigenvalue weighted by atomic mass is 10.0. The van der Waals surface area contributed by atoms with Crippen LogP contribution in [0.4, 0.5) is 0 Å². The lowest BCUT2D eigenvalue weighted by Gasteiger charge is -2.08. The molecular formula is C22H15NO. The molecule has 0 aliphatic carbocycles. The number of furan rings is 1. The molecule has 0 atom stereocenters. The molecule has 2 nitrogen and oxygen atoms in total. The molecule has 0 saturated carbocycles. The van der Waals surface area contributed by atoms with Gasteiger partial charge in [-0.15, -0.1) is 0 Å². The average Bonchev–Trinajstić information content (AvgIpc) is 3.00. The van der Waals surface area contributed by atoms with Crippen LogP contribution in [0.1, 0.15) is 5.56 Å². The number of hydrogen-bond donors (Lipinski definition) is 0. The molecule has 0 spiro atoms. The maximum absolute atomic E-state index is 6.00. The summed E-state index contributed by atoms with van der Waals surface area (Å²) < 4.78 is 6.00. The topological polar surface area (TPSA) is 26.0 Å². The van der Waals surface area contributed by atoms with E-state index in [-0.39, 0.29) is 0 Å². The average molecular weight is 309 g/mol. The second-order valence-electron chi connectivity index (χ2n) is 6.12. The van der Waals surface area contributed by atoms with Crippen molar-refractivity contribution in [3.05, 3.63) is 78.4 Å². The van der Waals surface area contributed by atoms with E-state index < -0.39 is 0 Å². The highest BCUT2D eigenvalue weighted by atomic mass is 16.3. The summed E-state index contributed by atoms with van der Waals surface area (Å²) in [6.07, 6.45) is 0. The van der Waals surface area contributed by atoms with Crippen LogP contribution in [-0.2, 0) is 0 Å². The van der Waals surface area contributed by atoms with Crippen molar-refractivity contribution in [3.63, 3.8) is 0 Å². The molecule has 3 aromatic carbocycles. The molecule has 5 aromatic rings. The first-order valence-electron chi connectivity index (χ1n) is 8.08. The van der Waals surface area contributed by atoms with Gasteiger partial charge in [0.05, 0.1) is 11.2 Å². The van der Waals surface area contributed by atoms with Gasteiger partial charge in [-0.2, -0.15) is 0 Å². The highest BCUT2D eigenvalue weighted by Crippen LogP contribution is 2.36. The summed E-state index contributed by atoms with van der Waals surface area (Å²) in [6.45, 7) is 2.14. The van der Waals surface area contributed by atoms with Gasteiger partial charge in [0.15, 0.2) is 0 Å². The first-order valence-corrected chi connectivity index (χ1v) is 8.08. The summed E-state index contributed by atoms with van der Waals surface area (Å²) >= 11 is 0. The predicted octanol–water partition coefficient (Wildman–Crippen LogP) is 6.11. The lowest BCUT2D eigenvalue weighted by Crippen LogP contribution is -1.89. The Labute approximate surface area is 139 Å². The second kappa shape index (κ2) is 4.93. The van der Waals surface area contributed by atoms with E-state index in [1.807, 2.05) is 36.4 Å². The number of pyridine rings is 1. The standard InChI is InChI=1S/C22H15NO/c1-14-13-19(23-18-10-4-2-7-15(14)18)16-9-6-12-21-22(16)17-8-3-5-11-20(17)24-21/h2-13H,1H3. The Morgan fingerprint density at radius 1 is 0.750 bits per heavy atom. The smallest absolute Gasteiger partial charge is 0.136 e. The van der Waals surface area contributed by atoms with Crippen molar-refractivity contribution in [2.24, 2.45) is 0 Å². The minimum atomic E-state index is 0.904. The summed E-state index contributed by atoms with van der Waals surface area (Å²) in [5.74, 6) is 0. The Balaban J connectivity index is 1.89. The first-order chi connectivity index (χ1) is 11.8. The van der Waals surface area contributed by atoms with E-state index in [2.05, 4.69) is 43.3 Å². The van der Waals surface area contributed by atoms with Gasteiger partial charge in [-0.25, -0.2) is 4.98 Å². The van der Waals surface area contributed by atoms with Crippen LogP contribution in [0.15, 0.2) is 77.2 Å². The second-order valence-corrected chi connectivity index (χ2v) is 6.12. The van der Waals surface area contributed by atoms with E-state index in [0.717, 1.165) is 38.7 Å². The molecule has 0 bridgehead atoms. The summed E-state index contributed by atoms with van der Waals surface area (Å²) in [5.41, 5.74) is 6.19. The van der Waals surface area contributed by atoms with Crippen molar-refractivity contribution < 1.29 is 4.42 Å². The molecule has 0 saturated heterocycles. The Morgan fingerprint density at radius 2 is 1.50 bits per heavy atom. The van der Waals surface area contributed by atoms with Gasteiger partial charge in [0, 0.05) is 21.7 Å². The van der Waals surface area contributed by atoms with Gasteiger partial charge in [0.1, 0.15) is 11.2 Å². The number of hydrogen-bond acceptors (Lipinski definition) is 2. The molecule has 0 radical (unpaired) electrons. The normalized spacial score (nSPS) is 11.5. The van der Waals surface area contributed by atoms with Gasteiger partial charge in [-0.05, 0) is 36.8 Å². The van der Waals surface area contributed by atoms with Gasteiger partial charge in [0.2, 0.25) is 0 Å². The number of aromatic nitrogens is 1. The van der Waals surface area contributed by atoms with Crippen molar-refractivity contribution in [1.29, 1.82) is 0 Å². The summed E-state index contributed by atoms with van der Waals surface area (Å²) in [7, 11) is 0. The summed E-state index contributed by atoms with van der Waals surface area (Å²) in [6, 6.07) is 24.8. The molecule has 0 aliphatic rings. The summed E-state index contributed by atoms with van der Waals surface area (Å²) in [4.78, 5) is 4.90. The lowest BCUT2D eigenvalue weighted by molar-refractivity contribution is 0.669. The maximum Gasteiger partial charge on any atom is 0.136 e. The van der Waals surface area contributed by atoms with E-state index in [1.54, 1.807) is 0 Å². The first kappa shape index (κ1) is 13.3. The minimum absolute atomic E-state index is 0.904. The van der Waals surface area contributed by atoms with Crippen molar-refractivity contribution >= 4 is 32.8 Å². The monoisotopic (exact) mass is 309 g/mol.